The summed E-state index contributed by atoms with van der Waals surface area (Å²) in [5.74, 6) is -1.19. The van der Waals surface area contributed by atoms with E-state index < -0.39 is 40.7 Å². The molecule has 0 aliphatic carbocycles. The molecule has 6 nitrogen and oxygen atoms in total. The SMILES string of the molecule is COCCC(C)NS(=O)(=O)c1ccc(S(=O)(=O)Cl)cc1F. The lowest BCUT2D eigenvalue weighted by molar-refractivity contribution is 0.188. The van der Waals surface area contributed by atoms with E-state index >= 15 is 0 Å². The molecule has 0 radical (unpaired) electrons. The van der Waals surface area contributed by atoms with E-state index in [4.69, 9.17) is 15.4 Å². The number of nitrogens with one attached hydrogen (secondary N) is 1. The fraction of sp³-hybridized carbons (Fsp3) is 0.455. The highest BCUT2D eigenvalue weighted by atomic mass is 35.7. The minimum atomic E-state index is -4.12. The Kier molecular flexibility index (Phi) is 6.11. The lowest BCUT2D eigenvalue weighted by Crippen LogP contribution is -2.33. The predicted molar refractivity (Wildman–Crippen MR) is 75.7 cm³/mol. The van der Waals surface area contributed by atoms with Crippen LogP contribution in [0.1, 0.15) is 13.3 Å². The molecule has 0 heterocycles. The maximum absolute atomic E-state index is 13.8. The molecule has 21 heavy (non-hydrogen) atoms. The Morgan fingerprint density at radius 3 is 2.43 bits per heavy atom. The Balaban J connectivity index is 3.05. The first-order chi connectivity index (χ1) is 9.58. The molecule has 1 aromatic rings. The van der Waals surface area contributed by atoms with Gasteiger partial charge in [-0.15, -0.1) is 0 Å². The zero-order chi connectivity index (χ0) is 16.3. The molecule has 1 unspecified atom stereocenters. The van der Waals surface area contributed by atoms with Gasteiger partial charge in [-0.05, 0) is 31.5 Å². The van der Waals surface area contributed by atoms with Gasteiger partial charge >= 0.3 is 0 Å². The van der Waals surface area contributed by atoms with Crippen LogP contribution < -0.4 is 4.72 Å². The van der Waals surface area contributed by atoms with E-state index in [0.717, 1.165) is 12.1 Å². The summed E-state index contributed by atoms with van der Waals surface area (Å²) in [4.78, 5) is -1.15. The molecular weight excluding hydrogens is 345 g/mol. The Bertz CT molecular complexity index is 705. The number of rotatable bonds is 7. The molecule has 1 N–H and O–H groups in total. The molecule has 0 aliphatic rings. The van der Waals surface area contributed by atoms with Gasteiger partial charge in [0.15, 0.2) is 0 Å². The van der Waals surface area contributed by atoms with Crippen LogP contribution in [-0.2, 0) is 23.8 Å². The first-order valence-electron chi connectivity index (χ1n) is 5.83. The van der Waals surface area contributed by atoms with Crippen LogP contribution in [0.3, 0.4) is 0 Å². The van der Waals surface area contributed by atoms with Crippen LogP contribution in [0.5, 0.6) is 0 Å². The maximum atomic E-state index is 13.8. The molecular formula is C11H15ClFNO5S2. The largest absolute Gasteiger partial charge is 0.385 e. The monoisotopic (exact) mass is 359 g/mol. The summed E-state index contributed by atoms with van der Waals surface area (Å²) < 4.78 is 67.1. The topological polar surface area (TPSA) is 89.5 Å². The summed E-state index contributed by atoms with van der Waals surface area (Å²) in [6, 6.07) is 1.89. The van der Waals surface area contributed by atoms with Gasteiger partial charge in [0.05, 0.1) is 4.90 Å². The highest BCUT2D eigenvalue weighted by molar-refractivity contribution is 8.13. The second-order valence-electron chi connectivity index (χ2n) is 4.33. The van der Waals surface area contributed by atoms with Gasteiger partial charge in [0.1, 0.15) is 10.7 Å². The first-order valence-corrected chi connectivity index (χ1v) is 9.62. The zero-order valence-corrected chi connectivity index (χ0v) is 13.7. The minimum absolute atomic E-state index is 0.343. The third-order valence-electron chi connectivity index (χ3n) is 2.59. The number of sulfonamides is 1. The van der Waals surface area contributed by atoms with E-state index in [1.54, 1.807) is 6.92 Å². The van der Waals surface area contributed by atoms with Crippen LogP contribution in [0.25, 0.3) is 0 Å². The van der Waals surface area contributed by atoms with Crippen LogP contribution in [0.2, 0.25) is 0 Å². The van der Waals surface area contributed by atoms with Crippen LogP contribution in [0.4, 0.5) is 4.39 Å². The predicted octanol–water partition coefficient (Wildman–Crippen LogP) is 1.46. The number of benzene rings is 1. The second-order valence-corrected chi connectivity index (χ2v) is 8.58. The molecule has 0 saturated carbocycles. The number of halogens is 2. The van der Waals surface area contributed by atoms with Crippen LogP contribution >= 0.6 is 10.7 Å². The fourth-order valence-corrected chi connectivity index (χ4v) is 3.63. The normalized spacial score (nSPS) is 14.1. The standard InChI is InChI=1S/C11H15ClFNO5S2/c1-8(5-6-19-2)14-21(17,18)11-4-3-9(7-10(11)13)20(12,15)16/h3-4,7-8,14H,5-6H2,1-2H3. The lowest BCUT2D eigenvalue weighted by Gasteiger charge is -2.14. The molecule has 120 valence electrons. The van der Waals surface area contributed by atoms with Crippen molar-refractivity contribution in [2.45, 2.75) is 29.2 Å². The Labute approximate surface area is 127 Å². The quantitative estimate of drug-likeness (QED) is 0.744. The Hall–Kier alpha value is -0.740. The van der Waals surface area contributed by atoms with Crippen molar-refractivity contribution in [3.8, 4) is 0 Å². The van der Waals surface area contributed by atoms with E-state index in [-0.39, 0.29) is 0 Å². The van der Waals surface area contributed by atoms with Gasteiger partial charge in [-0.2, -0.15) is 0 Å². The average molecular weight is 360 g/mol. The number of hydrogen-bond acceptors (Lipinski definition) is 5. The molecule has 1 aromatic carbocycles. The number of hydrogen-bond donors (Lipinski definition) is 1. The summed E-state index contributed by atoms with van der Waals surface area (Å²) in [6.45, 7) is 1.95. The number of methoxy groups -OCH3 is 1. The van der Waals surface area contributed by atoms with E-state index in [9.17, 15) is 21.2 Å². The van der Waals surface area contributed by atoms with Crippen molar-refractivity contribution in [1.82, 2.24) is 4.72 Å². The summed E-state index contributed by atoms with van der Waals surface area (Å²) in [7, 11) is -1.68. The van der Waals surface area contributed by atoms with E-state index in [1.807, 2.05) is 0 Å². The third kappa shape index (κ3) is 5.19. The smallest absolute Gasteiger partial charge is 0.261 e. The molecule has 0 aromatic heterocycles. The fourth-order valence-electron chi connectivity index (χ4n) is 1.53. The summed E-state index contributed by atoms with van der Waals surface area (Å²) >= 11 is 0. The number of ether oxygens (including phenoxy) is 1. The van der Waals surface area contributed by atoms with Crippen LogP contribution in [0, 0.1) is 5.82 Å². The Morgan fingerprint density at radius 1 is 1.33 bits per heavy atom. The van der Waals surface area contributed by atoms with Gasteiger partial charge in [0, 0.05) is 30.4 Å². The van der Waals surface area contributed by atoms with Gasteiger partial charge in [-0.1, -0.05) is 0 Å². The van der Waals surface area contributed by atoms with Gasteiger partial charge in [0.2, 0.25) is 10.0 Å². The van der Waals surface area contributed by atoms with Crippen molar-refractivity contribution in [3.63, 3.8) is 0 Å². The highest BCUT2D eigenvalue weighted by Crippen LogP contribution is 2.21. The average Bonchev–Trinajstić information content (AvgIpc) is 2.34. The molecule has 1 rings (SSSR count). The first kappa shape index (κ1) is 18.3. The Morgan fingerprint density at radius 2 is 1.95 bits per heavy atom. The minimum Gasteiger partial charge on any atom is -0.385 e. The lowest BCUT2D eigenvalue weighted by atomic mass is 10.3. The summed E-state index contributed by atoms with van der Waals surface area (Å²) in [5.41, 5.74) is 0. The van der Waals surface area contributed by atoms with Crippen LogP contribution in [0.15, 0.2) is 28.0 Å². The van der Waals surface area contributed by atoms with Crippen molar-refractivity contribution >= 4 is 29.8 Å². The van der Waals surface area contributed by atoms with E-state index in [1.165, 1.54) is 7.11 Å². The highest BCUT2D eigenvalue weighted by Gasteiger charge is 2.23. The molecule has 0 saturated heterocycles. The molecule has 0 spiro atoms. The van der Waals surface area contributed by atoms with Crippen molar-refractivity contribution in [1.29, 1.82) is 0 Å². The van der Waals surface area contributed by atoms with Crippen LogP contribution in [-0.4, -0.2) is 36.6 Å². The van der Waals surface area contributed by atoms with Gasteiger partial charge in [-0.3, -0.25) is 0 Å². The summed E-state index contributed by atoms with van der Waals surface area (Å²) in [6.07, 6.45) is 0.408. The van der Waals surface area contributed by atoms with E-state index in [0.29, 0.717) is 19.1 Å². The third-order valence-corrected chi connectivity index (χ3v) is 5.56. The maximum Gasteiger partial charge on any atom is 0.261 e. The molecule has 0 amide bonds. The van der Waals surface area contributed by atoms with Gasteiger partial charge in [-0.25, -0.2) is 25.9 Å². The zero-order valence-electron chi connectivity index (χ0n) is 11.3. The van der Waals surface area contributed by atoms with Gasteiger partial charge in [0.25, 0.3) is 9.05 Å². The van der Waals surface area contributed by atoms with Crippen molar-refractivity contribution < 1.29 is 26.0 Å². The van der Waals surface area contributed by atoms with Crippen molar-refractivity contribution in [2.75, 3.05) is 13.7 Å². The molecule has 10 heteroatoms. The molecule has 0 fully saturated rings. The molecule has 1 atom stereocenters. The molecule has 0 bridgehead atoms. The molecule has 0 aliphatic heterocycles. The summed E-state index contributed by atoms with van der Waals surface area (Å²) in [5, 5.41) is 0. The van der Waals surface area contributed by atoms with E-state index in [2.05, 4.69) is 4.72 Å². The second kappa shape index (κ2) is 7.01. The van der Waals surface area contributed by atoms with Crippen molar-refractivity contribution in [2.24, 2.45) is 0 Å². The van der Waals surface area contributed by atoms with Crippen molar-refractivity contribution in [3.05, 3.63) is 24.0 Å². The van der Waals surface area contributed by atoms with Gasteiger partial charge < -0.3 is 4.74 Å².